The van der Waals surface area contributed by atoms with Gasteiger partial charge in [-0.2, -0.15) is 0 Å². The fourth-order valence-electron chi connectivity index (χ4n) is 4.49. The lowest BCUT2D eigenvalue weighted by Crippen LogP contribution is -2.31. The number of aliphatic hydroxyl groups is 1. The molecule has 3 heterocycles. The molecule has 1 aliphatic heterocycles. The number of rotatable bonds is 9. The van der Waals surface area contributed by atoms with Gasteiger partial charge in [0.2, 0.25) is 0 Å². The molecule has 4 aromatic rings. The molecule has 0 radical (unpaired) electrons. The van der Waals surface area contributed by atoms with E-state index in [1.165, 1.54) is 11.3 Å². The number of aromatic nitrogens is 2. The van der Waals surface area contributed by atoms with Crippen LogP contribution in [0.1, 0.15) is 34.0 Å². The van der Waals surface area contributed by atoms with Gasteiger partial charge in [-0.25, -0.2) is 4.98 Å². The number of amides is 1. The number of carbonyl (C=O) groups is 2. The van der Waals surface area contributed by atoms with Crippen molar-refractivity contribution in [2.45, 2.75) is 32.5 Å². The molecule has 1 fully saturated rings. The Bertz CT molecular complexity index is 1410. The number of ketones is 1. The van der Waals surface area contributed by atoms with E-state index in [-0.39, 0.29) is 11.3 Å². The topological polar surface area (TPSA) is 84.7 Å². The molecule has 7 nitrogen and oxygen atoms in total. The molecule has 0 aliphatic carbocycles. The Hall–Kier alpha value is -4.17. The molecule has 2 aromatic carbocycles. The summed E-state index contributed by atoms with van der Waals surface area (Å²) in [5.41, 5.74) is 2.82. The van der Waals surface area contributed by atoms with Crippen LogP contribution in [0.4, 0.5) is 0 Å². The fraction of sp³-hybridized carbons (Fsp3) is 0.207. The van der Waals surface area contributed by atoms with Gasteiger partial charge in [0.05, 0.1) is 17.9 Å². The summed E-state index contributed by atoms with van der Waals surface area (Å²) in [6.07, 6.45) is 5.94. The van der Waals surface area contributed by atoms with Gasteiger partial charge in [-0.1, -0.05) is 30.3 Å². The monoisotopic (exact) mass is 513 g/mol. The summed E-state index contributed by atoms with van der Waals surface area (Å²) in [6, 6.07) is 18.1. The Morgan fingerprint density at radius 2 is 1.86 bits per heavy atom. The predicted molar refractivity (Wildman–Crippen MR) is 142 cm³/mol. The number of aliphatic hydroxyl groups excluding tert-OH is 1. The summed E-state index contributed by atoms with van der Waals surface area (Å²) in [5, 5.41) is 13.1. The number of nitrogens with zero attached hydrogens (tertiary/aromatic N) is 3. The molecule has 2 aromatic heterocycles. The van der Waals surface area contributed by atoms with E-state index in [1.54, 1.807) is 41.7 Å². The number of hydrogen-bond donors (Lipinski definition) is 1. The molecular weight excluding hydrogens is 486 g/mol. The summed E-state index contributed by atoms with van der Waals surface area (Å²) >= 11 is 1.46. The van der Waals surface area contributed by atoms with Gasteiger partial charge in [0.25, 0.3) is 11.7 Å². The standard InChI is InChI=1S/C29H27N3O4S/c1-20-6-2-3-7-22(20)18-36-23-11-9-21(10-12-23)27(33)25-26(24-8-4-17-37-24)32(29(35)28(25)34)15-5-14-31-16-13-30-19-31/h2-4,6-13,16-17,19,26,33H,5,14-15,18H2,1H3/t26-/m1/s1. The molecule has 1 aliphatic rings. The van der Waals surface area contributed by atoms with Crippen molar-refractivity contribution in [3.63, 3.8) is 0 Å². The van der Waals surface area contributed by atoms with E-state index in [0.29, 0.717) is 37.4 Å². The maximum absolute atomic E-state index is 13.1. The third-order valence-electron chi connectivity index (χ3n) is 6.51. The van der Waals surface area contributed by atoms with Gasteiger partial charge >= 0.3 is 0 Å². The van der Waals surface area contributed by atoms with Gasteiger partial charge < -0.3 is 19.3 Å². The zero-order valence-electron chi connectivity index (χ0n) is 20.4. The molecule has 1 amide bonds. The van der Waals surface area contributed by atoms with Gasteiger partial charge in [-0.3, -0.25) is 9.59 Å². The third-order valence-corrected chi connectivity index (χ3v) is 7.44. The Morgan fingerprint density at radius 1 is 1.05 bits per heavy atom. The quantitative estimate of drug-likeness (QED) is 0.185. The lowest BCUT2D eigenvalue weighted by molar-refractivity contribution is -0.139. The van der Waals surface area contributed by atoms with E-state index < -0.39 is 17.7 Å². The lowest BCUT2D eigenvalue weighted by atomic mass is 10.00. The van der Waals surface area contributed by atoms with E-state index >= 15 is 0 Å². The highest BCUT2D eigenvalue weighted by Gasteiger charge is 2.46. The van der Waals surface area contributed by atoms with Crippen molar-refractivity contribution in [1.82, 2.24) is 14.5 Å². The number of carbonyl (C=O) groups excluding carboxylic acids is 2. The number of imidazole rings is 1. The van der Waals surface area contributed by atoms with Crippen LogP contribution >= 0.6 is 11.3 Å². The van der Waals surface area contributed by atoms with Crippen LogP contribution in [-0.4, -0.2) is 37.8 Å². The van der Waals surface area contributed by atoms with Crippen molar-refractivity contribution in [3.8, 4) is 5.75 Å². The van der Waals surface area contributed by atoms with E-state index in [4.69, 9.17) is 4.74 Å². The molecule has 0 saturated carbocycles. The van der Waals surface area contributed by atoms with E-state index in [0.717, 1.165) is 16.0 Å². The number of benzene rings is 2. The second kappa shape index (κ2) is 10.8. The molecule has 0 spiro atoms. The van der Waals surface area contributed by atoms with Crippen molar-refractivity contribution in [2.75, 3.05) is 6.54 Å². The molecule has 5 rings (SSSR count). The van der Waals surface area contributed by atoms with Crippen molar-refractivity contribution < 1.29 is 19.4 Å². The summed E-state index contributed by atoms with van der Waals surface area (Å²) in [5.74, 6) is -0.795. The predicted octanol–water partition coefficient (Wildman–Crippen LogP) is 5.34. The van der Waals surface area contributed by atoms with Gasteiger partial charge in [0.15, 0.2) is 0 Å². The highest BCUT2D eigenvalue weighted by Crippen LogP contribution is 2.41. The minimum Gasteiger partial charge on any atom is -0.507 e. The minimum absolute atomic E-state index is 0.114. The van der Waals surface area contributed by atoms with Gasteiger partial charge in [-0.15, -0.1) is 11.3 Å². The fourth-order valence-corrected chi connectivity index (χ4v) is 5.34. The highest BCUT2D eigenvalue weighted by atomic mass is 32.1. The van der Waals surface area contributed by atoms with Crippen LogP contribution in [0.5, 0.6) is 5.75 Å². The maximum Gasteiger partial charge on any atom is 0.295 e. The second-order valence-corrected chi connectivity index (χ2v) is 9.88. The SMILES string of the molecule is Cc1ccccc1COc1ccc(C(O)=C2C(=O)C(=O)N(CCCn3ccnc3)[C@@H]2c2cccs2)cc1. The number of likely N-dealkylation sites (tertiary alicyclic amines) is 1. The lowest BCUT2D eigenvalue weighted by Gasteiger charge is -2.24. The van der Waals surface area contributed by atoms with Crippen molar-refractivity contribution >= 4 is 28.8 Å². The zero-order valence-corrected chi connectivity index (χ0v) is 21.2. The maximum atomic E-state index is 13.1. The van der Waals surface area contributed by atoms with Crippen LogP contribution < -0.4 is 4.74 Å². The van der Waals surface area contributed by atoms with Crippen LogP contribution in [0.15, 0.2) is 90.3 Å². The van der Waals surface area contributed by atoms with Gasteiger partial charge in [0, 0.05) is 35.9 Å². The Morgan fingerprint density at radius 3 is 2.57 bits per heavy atom. The normalized spacial score (nSPS) is 16.9. The van der Waals surface area contributed by atoms with Crippen molar-refractivity contribution in [3.05, 3.63) is 112 Å². The van der Waals surface area contributed by atoms with Crippen LogP contribution in [0, 0.1) is 6.92 Å². The number of ether oxygens (including phenoxy) is 1. The first-order chi connectivity index (χ1) is 18.0. The molecule has 1 atom stereocenters. The molecule has 0 unspecified atom stereocenters. The summed E-state index contributed by atoms with van der Waals surface area (Å²) in [7, 11) is 0. The molecule has 8 heteroatoms. The van der Waals surface area contributed by atoms with E-state index in [9.17, 15) is 14.7 Å². The minimum atomic E-state index is -0.668. The number of aryl methyl sites for hydroxylation is 2. The molecule has 37 heavy (non-hydrogen) atoms. The third kappa shape index (κ3) is 5.20. The van der Waals surface area contributed by atoms with Crippen molar-refractivity contribution in [2.24, 2.45) is 0 Å². The largest absolute Gasteiger partial charge is 0.507 e. The Kier molecular flexibility index (Phi) is 7.18. The first-order valence-electron chi connectivity index (χ1n) is 12.1. The molecule has 1 N–H and O–H groups in total. The van der Waals surface area contributed by atoms with E-state index in [1.807, 2.05) is 59.5 Å². The average Bonchev–Trinajstić information content (AvgIpc) is 3.67. The van der Waals surface area contributed by atoms with Crippen LogP contribution in [0.3, 0.4) is 0 Å². The number of hydrogen-bond acceptors (Lipinski definition) is 6. The summed E-state index contributed by atoms with van der Waals surface area (Å²) < 4.78 is 7.84. The first kappa shape index (κ1) is 24.5. The second-order valence-electron chi connectivity index (χ2n) is 8.90. The zero-order chi connectivity index (χ0) is 25.8. The molecule has 188 valence electrons. The molecule has 1 saturated heterocycles. The van der Waals surface area contributed by atoms with Gasteiger partial charge in [0.1, 0.15) is 18.1 Å². The number of thiophene rings is 1. The molecular formula is C29H27N3O4S. The first-order valence-corrected chi connectivity index (χ1v) is 13.0. The Balaban J connectivity index is 1.37. The average molecular weight is 514 g/mol. The van der Waals surface area contributed by atoms with Crippen LogP contribution in [-0.2, 0) is 22.7 Å². The highest BCUT2D eigenvalue weighted by molar-refractivity contribution is 7.10. The Labute approximate surface area is 219 Å². The molecule has 0 bridgehead atoms. The van der Waals surface area contributed by atoms with Crippen LogP contribution in [0.25, 0.3) is 5.76 Å². The van der Waals surface area contributed by atoms with E-state index in [2.05, 4.69) is 4.98 Å². The summed E-state index contributed by atoms with van der Waals surface area (Å²) in [6.45, 7) is 3.52. The van der Waals surface area contributed by atoms with Crippen molar-refractivity contribution in [1.29, 1.82) is 0 Å². The number of Topliss-reactive ketones (excluding diaryl/α,β-unsaturated/α-hetero) is 1. The van der Waals surface area contributed by atoms with Gasteiger partial charge in [-0.05, 0) is 60.2 Å². The smallest absolute Gasteiger partial charge is 0.295 e. The van der Waals surface area contributed by atoms with Crippen LogP contribution in [0.2, 0.25) is 0 Å². The summed E-state index contributed by atoms with van der Waals surface area (Å²) in [4.78, 5) is 32.6.